The lowest BCUT2D eigenvalue weighted by molar-refractivity contribution is 0.166. The van der Waals surface area contributed by atoms with Crippen LogP contribution in [0.2, 0.25) is 10.0 Å². The van der Waals surface area contributed by atoms with E-state index in [0.29, 0.717) is 15.7 Å². The van der Waals surface area contributed by atoms with Crippen LogP contribution in [0.15, 0.2) is 18.2 Å². The molecule has 1 rings (SSSR count). The zero-order chi connectivity index (χ0) is 16.9. The highest BCUT2D eigenvalue weighted by molar-refractivity contribution is 7.80. The average molecular weight is 426 g/mol. The van der Waals surface area contributed by atoms with Gasteiger partial charge in [-0.1, -0.05) is 58.0 Å². The summed E-state index contributed by atoms with van der Waals surface area (Å²) in [5.41, 5.74) is 0.490. The van der Waals surface area contributed by atoms with Gasteiger partial charge in [0.25, 0.3) is 0 Å². The number of halogens is 5. The fourth-order valence-electron chi connectivity index (χ4n) is 1.26. The van der Waals surface area contributed by atoms with Gasteiger partial charge in [-0.25, -0.2) is 4.79 Å². The van der Waals surface area contributed by atoms with Gasteiger partial charge >= 0.3 is 6.09 Å². The summed E-state index contributed by atoms with van der Waals surface area (Å²) in [4.78, 5) is 11.3. The van der Waals surface area contributed by atoms with Crippen molar-refractivity contribution in [1.82, 2.24) is 10.6 Å². The van der Waals surface area contributed by atoms with Crippen molar-refractivity contribution in [2.24, 2.45) is 0 Å². The summed E-state index contributed by atoms with van der Waals surface area (Å²) in [5, 5.41) is 8.61. The summed E-state index contributed by atoms with van der Waals surface area (Å²) in [6.45, 7) is 0. The maximum absolute atomic E-state index is 11.3. The predicted octanol–water partition coefficient (Wildman–Crippen LogP) is 4.33. The third-order valence-electron chi connectivity index (χ3n) is 2.23. The molecular weight excluding hydrogens is 415 g/mol. The molecule has 1 aromatic rings. The number of thiocarbonyl (C=S) groups is 1. The highest BCUT2D eigenvalue weighted by atomic mass is 35.6. The van der Waals surface area contributed by atoms with E-state index in [1.165, 1.54) is 13.2 Å². The summed E-state index contributed by atoms with van der Waals surface area (Å²) >= 11 is 34.2. The molecule has 122 valence electrons. The Balaban J connectivity index is 2.76. The molecule has 5 nitrogen and oxygen atoms in total. The second-order valence-corrected chi connectivity index (χ2v) is 7.45. The van der Waals surface area contributed by atoms with Crippen LogP contribution in [0.1, 0.15) is 0 Å². The van der Waals surface area contributed by atoms with E-state index in [1.54, 1.807) is 12.1 Å². The lowest BCUT2D eigenvalue weighted by Crippen LogP contribution is -2.56. The van der Waals surface area contributed by atoms with Crippen LogP contribution in [0.4, 0.5) is 10.5 Å². The first kappa shape index (κ1) is 19.7. The lowest BCUT2D eigenvalue weighted by Gasteiger charge is -2.27. The number of alkyl halides is 3. The third-order valence-corrected chi connectivity index (χ3v) is 3.65. The molecule has 0 radical (unpaired) electrons. The van der Waals surface area contributed by atoms with Crippen molar-refractivity contribution >= 4 is 87.1 Å². The van der Waals surface area contributed by atoms with Crippen LogP contribution in [-0.4, -0.2) is 28.3 Å². The van der Waals surface area contributed by atoms with Crippen LogP contribution in [0, 0.1) is 0 Å². The molecule has 0 bridgehead atoms. The molecule has 22 heavy (non-hydrogen) atoms. The Kier molecular flexibility index (Phi) is 7.58. The number of hydrogen-bond acceptors (Lipinski definition) is 3. The van der Waals surface area contributed by atoms with Gasteiger partial charge in [-0.15, -0.1) is 0 Å². The number of ether oxygens (including phenoxy) is 1. The molecule has 11 heteroatoms. The van der Waals surface area contributed by atoms with E-state index in [1.807, 2.05) is 0 Å². The largest absolute Gasteiger partial charge is 0.453 e. The Hall–Kier alpha value is -0.370. The Morgan fingerprint density at radius 1 is 1.27 bits per heavy atom. The molecule has 0 heterocycles. The van der Waals surface area contributed by atoms with E-state index in [4.69, 9.17) is 70.2 Å². The number of carbonyl (C=O) groups excluding carboxylic acids is 1. The standard InChI is InChI=1S/C11H10Cl5N3O2S/c1-21-10(20)19-8(11(14,15)16)18-9(22)17-7-3-2-5(12)4-6(7)13/h2-4,8H,1H3,(H,19,20)(H2,17,18,22)/t8-/m0/s1. The number of carbonyl (C=O) groups is 1. The van der Waals surface area contributed by atoms with Gasteiger partial charge in [0.1, 0.15) is 0 Å². The van der Waals surface area contributed by atoms with Crippen LogP contribution in [0.5, 0.6) is 0 Å². The van der Waals surface area contributed by atoms with E-state index in [2.05, 4.69) is 20.7 Å². The zero-order valence-corrected chi connectivity index (χ0v) is 15.5. The highest BCUT2D eigenvalue weighted by Crippen LogP contribution is 2.29. The predicted molar refractivity (Wildman–Crippen MR) is 95.4 cm³/mol. The van der Waals surface area contributed by atoms with E-state index in [-0.39, 0.29) is 5.11 Å². The Morgan fingerprint density at radius 3 is 2.41 bits per heavy atom. The molecule has 3 N–H and O–H groups in total. The highest BCUT2D eigenvalue weighted by Gasteiger charge is 2.35. The van der Waals surface area contributed by atoms with Crippen molar-refractivity contribution in [3.8, 4) is 0 Å². The molecule has 0 aliphatic heterocycles. The van der Waals surface area contributed by atoms with Gasteiger partial charge in [-0.05, 0) is 30.4 Å². The number of methoxy groups -OCH3 is 1. The quantitative estimate of drug-likeness (QED) is 0.382. The summed E-state index contributed by atoms with van der Waals surface area (Å²) in [6.07, 6.45) is -1.92. The summed E-state index contributed by atoms with van der Waals surface area (Å²) in [7, 11) is 1.18. The minimum Gasteiger partial charge on any atom is -0.453 e. The Labute approximate surface area is 157 Å². The molecule has 0 aromatic heterocycles. The smallest absolute Gasteiger partial charge is 0.408 e. The number of benzene rings is 1. The fraction of sp³-hybridized carbons (Fsp3) is 0.273. The SMILES string of the molecule is COC(=O)N[C@H](NC(=S)Nc1ccc(Cl)cc1Cl)C(Cl)(Cl)Cl. The molecule has 0 saturated carbocycles. The number of rotatable bonds is 3. The monoisotopic (exact) mass is 423 g/mol. The van der Waals surface area contributed by atoms with Gasteiger partial charge in [0, 0.05) is 5.02 Å². The van der Waals surface area contributed by atoms with E-state index in [0.717, 1.165) is 0 Å². The average Bonchev–Trinajstić information content (AvgIpc) is 2.40. The van der Waals surface area contributed by atoms with E-state index >= 15 is 0 Å². The van der Waals surface area contributed by atoms with Gasteiger partial charge in [0.2, 0.25) is 3.79 Å². The zero-order valence-electron chi connectivity index (χ0n) is 10.9. The summed E-state index contributed by atoms with van der Waals surface area (Å²) in [6, 6.07) is 4.78. The van der Waals surface area contributed by atoms with Crippen molar-refractivity contribution in [3.05, 3.63) is 28.2 Å². The van der Waals surface area contributed by atoms with Crippen LogP contribution in [-0.2, 0) is 4.74 Å². The molecule has 1 atom stereocenters. The molecule has 0 saturated heterocycles. The first-order valence-electron chi connectivity index (χ1n) is 5.57. The molecule has 0 aliphatic rings. The van der Waals surface area contributed by atoms with Gasteiger partial charge in [0.05, 0.1) is 17.8 Å². The van der Waals surface area contributed by atoms with Gasteiger partial charge in [-0.2, -0.15) is 0 Å². The molecular formula is C11H10Cl5N3O2S. The third kappa shape index (κ3) is 6.40. The molecule has 1 aromatic carbocycles. The molecule has 0 unspecified atom stereocenters. The summed E-state index contributed by atoms with van der Waals surface area (Å²) < 4.78 is 2.57. The minimum atomic E-state index is -1.87. The maximum Gasteiger partial charge on any atom is 0.408 e. The number of hydrogen-bond donors (Lipinski definition) is 3. The van der Waals surface area contributed by atoms with Gasteiger partial charge in [-0.3, -0.25) is 5.32 Å². The Morgan fingerprint density at radius 2 is 1.91 bits per heavy atom. The van der Waals surface area contributed by atoms with Crippen LogP contribution < -0.4 is 16.0 Å². The number of amides is 1. The first-order chi connectivity index (χ1) is 10.1. The van der Waals surface area contributed by atoms with Crippen molar-refractivity contribution < 1.29 is 9.53 Å². The van der Waals surface area contributed by atoms with Crippen molar-refractivity contribution in [3.63, 3.8) is 0 Å². The number of anilines is 1. The molecule has 0 fully saturated rings. The fourth-order valence-corrected chi connectivity index (χ4v) is 2.27. The summed E-state index contributed by atoms with van der Waals surface area (Å²) in [5.74, 6) is 0. The van der Waals surface area contributed by atoms with Crippen molar-refractivity contribution in [2.45, 2.75) is 9.96 Å². The van der Waals surface area contributed by atoms with Crippen LogP contribution in [0.3, 0.4) is 0 Å². The van der Waals surface area contributed by atoms with Crippen molar-refractivity contribution in [1.29, 1.82) is 0 Å². The Bertz CT molecular complexity index is 567. The maximum atomic E-state index is 11.3. The normalized spacial score (nSPS) is 12.3. The van der Waals surface area contributed by atoms with Crippen LogP contribution in [0.25, 0.3) is 0 Å². The molecule has 1 amide bonds. The number of alkyl carbamates (subject to hydrolysis) is 1. The van der Waals surface area contributed by atoms with Crippen LogP contribution >= 0.6 is 70.2 Å². The second kappa shape index (κ2) is 8.47. The first-order valence-corrected chi connectivity index (χ1v) is 7.87. The second-order valence-electron chi connectivity index (χ2n) is 3.83. The minimum absolute atomic E-state index is 0.0666. The van der Waals surface area contributed by atoms with E-state index in [9.17, 15) is 4.79 Å². The van der Waals surface area contributed by atoms with Gasteiger partial charge < -0.3 is 15.4 Å². The molecule has 0 aliphatic carbocycles. The number of nitrogens with one attached hydrogen (secondary N) is 3. The lowest BCUT2D eigenvalue weighted by atomic mass is 10.3. The topological polar surface area (TPSA) is 62.4 Å². The van der Waals surface area contributed by atoms with Crippen molar-refractivity contribution in [2.75, 3.05) is 12.4 Å². The van der Waals surface area contributed by atoms with E-state index < -0.39 is 16.1 Å². The molecule has 0 spiro atoms. The van der Waals surface area contributed by atoms with Gasteiger partial charge in [0.15, 0.2) is 11.3 Å².